The lowest BCUT2D eigenvalue weighted by Gasteiger charge is -2.33. The molecule has 0 saturated carbocycles. The second-order valence-electron chi connectivity index (χ2n) is 11.1. The summed E-state index contributed by atoms with van der Waals surface area (Å²) >= 11 is 0. The number of aromatic nitrogens is 5. The highest BCUT2D eigenvalue weighted by atomic mass is 16.5. The first-order chi connectivity index (χ1) is 20.6. The number of morpholine rings is 1. The highest BCUT2D eigenvalue weighted by molar-refractivity contribution is 5.92. The molecule has 0 bridgehead atoms. The lowest BCUT2D eigenvalue weighted by Crippen LogP contribution is -2.47. The number of aromatic amines is 1. The van der Waals surface area contributed by atoms with E-state index in [1.165, 1.54) is 6.08 Å². The topological polar surface area (TPSA) is 144 Å². The summed E-state index contributed by atoms with van der Waals surface area (Å²) in [5, 5.41) is 6.18. The SMILES string of the molecule is C=CC(=O)NC1CCCN(Cc2ccnc(C(=O)NC3CCN(c4nc5ncnc(N6CCOCC6)c5[nH]4)CC3)c2)C1. The van der Waals surface area contributed by atoms with Crippen LogP contribution in [0.5, 0.6) is 0 Å². The number of hydrogen-bond acceptors (Lipinski definition) is 10. The molecule has 6 rings (SSSR count). The van der Waals surface area contributed by atoms with Gasteiger partial charge in [0.1, 0.15) is 17.5 Å². The van der Waals surface area contributed by atoms with Crippen LogP contribution < -0.4 is 20.4 Å². The van der Waals surface area contributed by atoms with Gasteiger partial charge in [-0.3, -0.25) is 19.5 Å². The molecule has 3 N–H and O–H groups in total. The summed E-state index contributed by atoms with van der Waals surface area (Å²) in [6, 6.07) is 3.99. The first-order valence-corrected chi connectivity index (χ1v) is 14.7. The van der Waals surface area contributed by atoms with E-state index >= 15 is 0 Å². The highest BCUT2D eigenvalue weighted by Crippen LogP contribution is 2.26. The minimum atomic E-state index is -0.153. The molecule has 1 unspecified atom stereocenters. The Labute approximate surface area is 244 Å². The predicted molar refractivity (Wildman–Crippen MR) is 158 cm³/mol. The van der Waals surface area contributed by atoms with Crippen molar-refractivity contribution < 1.29 is 14.3 Å². The van der Waals surface area contributed by atoms with E-state index in [1.807, 2.05) is 12.1 Å². The Balaban J connectivity index is 1.02. The number of carbonyl (C=O) groups is 2. The molecule has 3 aliphatic heterocycles. The van der Waals surface area contributed by atoms with Crippen LogP contribution in [0.3, 0.4) is 0 Å². The smallest absolute Gasteiger partial charge is 0.270 e. The zero-order valence-corrected chi connectivity index (χ0v) is 23.8. The van der Waals surface area contributed by atoms with Gasteiger partial charge in [0.2, 0.25) is 11.9 Å². The Hall–Kier alpha value is -4.10. The summed E-state index contributed by atoms with van der Waals surface area (Å²) in [7, 11) is 0. The number of nitrogens with one attached hydrogen (secondary N) is 3. The van der Waals surface area contributed by atoms with Crippen LogP contribution in [0, 0.1) is 0 Å². The zero-order chi connectivity index (χ0) is 28.9. The van der Waals surface area contributed by atoms with Crippen molar-refractivity contribution in [1.82, 2.24) is 40.5 Å². The molecule has 3 aliphatic rings. The van der Waals surface area contributed by atoms with Gasteiger partial charge in [0.15, 0.2) is 11.5 Å². The summed E-state index contributed by atoms with van der Waals surface area (Å²) in [5.74, 6) is 1.35. The molecule has 13 heteroatoms. The van der Waals surface area contributed by atoms with Gasteiger partial charge in [-0.05, 0) is 56.0 Å². The minimum Gasteiger partial charge on any atom is -0.378 e. The molecule has 3 aromatic rings. The third-order valence-electron chi connectivity index (χ3n) is 8.20. The van der Waals surface area contributed by atoms with Crippen LogP contribution in [0.2, 0.25) is 0 Å². The first-order valence-electron chi connectivity index (χ1n) is 14.7. The average Bonchev–Trinajstić information content (AvgIpc) is 3.47. The van der Waals surface area contributed by atoms with Gasteiger partial charge in [0, 0.05) is 57.5 Å². The standard InChI is InChI=1S/C29H38N10O3/c1-2-24(40)33-22-4-3-9-37(18-22)17-20-5-8-30-23(16-20)28(41)34-21-6-10-39(11-7-21)29-35-25-26(36-29)31-19-32-27(25)38-12-14-42-15-13-38/h2,5,8,16,19,21-22H,1,3-4,6-7,9-15,17-18H2,(H,33,40)(H,34,41)(H,31,32,35,36). The number of anilines is 2. The van der Waals surface area contributed by atoms with Crippen molar-refractivity contribution in [3.63, 3.8) is 0 Å². The number of nitrogens with zero attached hydrogens (tertiary/aromatic N) is 7. The fourth-order valence-corrected chi connectivity index (χ4v) is 6.00. The number of pyridine rings is 1. The Morgan fingerprint density at radius 1 is 1.02 bits per heavy atom. The molecule has 0 spiro atoms. The molecule has 42 heavy (non-hydrogen) atoms. The van der Waals surface area contributed by atoms with Crippen molar-refractivity contribution in [2.24, 2.45) is 0 Å². The van der Waals surface area contributed by atoms with Crippen LogP contribution >= 0.6 is 0 Å². The van der Waals surface area contributed by atoms with Crippen LogP contribution in [0.1, 0.15) is 41.7 Å². The lowest BCUT2D eigenvalue weighted by molar-refractivity contribution is -0.117. The van der Waals surface area contributed by atoms with Crippen LogP contribution in [-0.2, 0) is 16.1 Å². The maximum absolute atomic E-state index is 13.1. The lowest BCUT2D eigenvalue weighted by atomic mass is 10.0. The third-order valence-corrected chi connectivity index (χ3v) is 8.20. The van der Waals surface area contributed by atoms with Crippen LogP contribution in [0.25, 0.3) is 11.2 Å². The number of carbonyl (C=O) groups excluding carboxylic acids is 2. The van der Waals surface area contributed by atoms with E-state index in [2.05, 4.69) is 51.8 Å². The Morgan fingerprint density at radius 2 is 1.86 bits per heavy atom. The van der Waals surface area contributed by atoms with Gasteiger partial charge < -0.3 is 30.2 Å². The molecule has 3 aromatic heterocycles. The number of fused-ring (bicyclic) bond motifs is 1. The Kier molecular flexibility index (Phi) is 8.56. The van der Waals surface area contributed by atoms with Gasteiger partial charge in [0.05, 0.1) is 13.2 Å². The average molecular weight is 575 g/mol. The van der Waals surface area contributed by atoms with Crippen molar-refractivity contribution >= 4 is 34.7 Å². The van der Waals surface area contributed by atoms with Gasteiger partial charge in [-0.15, -0.1) is 0 Å². The number of imidazole rings is 1. The van der Waals surface area contributed by atoms with Crippen LogP contribution in [0.15, 0.2) is 37.3 Å². The number of amides is 2. The maximum Gasteiger partial charge on any atom is 0.270 e. The van der Waals surface area contributed by atoms with E-state index < -0.39 is 0 Å². The van der Waals surface area contributed by atoms with Crippen molar-refractivity contribution in [3.8, 4) is 0 Å². The number of hydrogen-bond donors (Lipinski definition) is 3. The molecule has 0 radical (unpaired) electrons. The van der Waals surface area contributed by atoms with Gasteiger partial charge in [0.25, 0.3) is 5.91 Å². The quantitative estimate of drug-likeness (QED) is 0.336. The van der Waals surface area contributed by atoms with Gasteiger partial charge in [-0.2, -0.15) is 4.98 Å². The molecule has 13 nitrogen and oxygen atoms in total. The van der Waals surface area contributed by atoms with Crippen LogP contribution in [-0.4, -0.2) is 106 Å². The highest BCUT2D eigenvalue weighted by Gasteiger charge is 2.26. The molecular formula is C29H38N10O3. The molecule has 1 atom stereocenters. The molecule has 2 amide bonds. The Bertz CT molecular complexity index is 1410. The fourth-order valence-electron chi connectivity index (χ4n) is 6.00. The number of ether oxygens (including phenoxy) is 1. The molecule has 3 saturated heterocycles. The monoisotopic (exact) mass is 574 g/mol. The van der Waals surface area contributed by atoms with E-state index in [0.717, 1.165) is 87.8 Å². The predicted octanol–water partition coefficient (Wildman–Crippen LogP) is 1.25. The van der Waals surface area contributed by atoms with Crippen molar-refractivity contribution in [1.29, 1.82) is 0 Å². The second kappa shape index (κ2) is 12.8. The molecule has 6 heterocycles. The summed E-state index contributed by atoms with van der Waals surface area (Å²) in [5.41, 5.74) is 2.96. The number of likely N-dealkylation sites (tertiary alicyclic amines) is 1. The molecule has 3 fully saturated rings. The molecular weight excluding hydrogens is 536 g/mol. The zero-order valence-electron chi connectivity index (χ0n) is 23.8. The normalized spacial score (nSPS) is 20.4. The molecule has 0 aromatic carbocycles. The number of H-pyrrole nitrogens is 1. The summed E-state index contributed by atoms with van der Waals surface area (Å²) in [6.45, 7) is 10.4. The minimum absolute atomic E-state index is 0.0589. The van der Waals surface area contributed by atoms with Gasteiger partial charge >= 0.3 is 0 Å². The Morgan fingerprint density at radius 3 is 2.67 bits per heavy atom. The first kappa shape index (κ1) is 28.0. The maximum atomic E-state index is 13.1. The van der Waals surface area contributed by atoms with Gasteiger partial charge in [-0.25, -0.2) is 9.97 Å². The van der Waals surface area contributed by atoms with E-state index in [4.69, 9.17) is 9.72 Å². The largest absolute Gasteiger partial charge is 0.378 e. The number of piperidine rings is 2. The number of rotatable bonds is 8. The summed E-state index contributed by atoms with van der Waals surface area (Å²) in [6.07, 6.45) is 8.15. The van der Waals surface area contributed by atoms with Crippen LogP contribution in [0.4, 0.5) is 11.8 Å². The van der Waals surface area contributed by atoms with E-state index in [9.17, 15) is 9.59 Å². The third kappa shape index (κ3) is 6.52. The fraction of sp³-hybridized carbons (Fsp3) is 0.517. The van der Waals surface area contributed by atoms with Crippen molar-refractivity contribution in [2.75, 3.05) is 62.3 Å². The summed E-state index contributed by atoms with van der Waals surface area (Å²) < 4.78 is 5.48. The summed E-state index contributed by atoms with van der Waals surface area (Å²) in [4.78, 5) is 53.0. The second-order valence-corrected chi connectivity index (χ2v) is 11.1. The van der Waals surface area contributed by atoms with Gasteiger partial charge in [-0.1, -0.05) is 6.58 Å². The molecule has 222 valence electrons. The van der Waals surface area contributed by atoms with E-state index in [-0.39, 0.29) is 23.9 Å². The molecule has 0 aliphatic carbocycles. The van der Waals surface area contributed by atoms with Crippen molar-refractivity contribution in [2.45, 2.75) is 44.3 Å². The van der Waals surface area contributed by atoms with E-state index in [0.29, 0.717) is 31.1 Å². The van der Waals surface area contributed by atoms with E-state index in [1.54, 1.807) is 12.5 Å². The van der Waals surface area contributed by atoms with Crippen molar-refractivity contribution in [3.05, 3.63) is 48.6 Å².